The van der Waals surface area contributed by atoms with Crippen LogP contribution in [0, 0.1) is 5.92 Å². The molecule has 0 radical (unpaired) electrons. The van der Waals surface area contributed by atoms with Crippen molar-refractivity contribution in [2.24, 2.45) is 5.92 Å². The fourth-order valence-corrected chi connectivity index (χ4v) is 4.30. The van der Waals surface area contributed by atoms with E-state index >= 15 is 0 Å². The van der Waals surface area contributed by atoms with Gasteiger partial charge in [-0.3, -0.25) is 4.79 Å². The van der Waals surface area contributed by atoms with Crippen LogP contribution in [0.3, 0.4) is 0 Å². The zero-order valence-electron chi connectivity index (χ0n) is 17.6. The maximum Gasteiger partial charge on any atom is 0.255 e. The highest BCUT2D eigenvalue weighted by molar-refractivity contribution is 5.94. The number of methoxy groups -OCH3 is 1. The average molecular weight is 415 g/mol. The molecule has 1 amide bonds. The van der Waals surface area contributed by atoms with Crippen LogP contribution < -0.4 is 4.74 Å². The normalized spacial score (nSPS) is 19.9. The molecular weight excluding hydrogens is 384 g/mol. The van der Waals surface area contributed by atoms with Gasteiger partial charge in [0.05, 0.1) is 25.2 Å². The molecule has 1 aliphatic carbocycles. The molecule has 2 fully saturated rings. The number of carbonyl (C=O) groups is 1. The van der Waals surface area contributed by atoms with Gasteiger partial charge in [0.2, 0.25) is 11.8 Å². The number of hydrogen-bond acceptors (Lipinski definition) is 7. The number of piperidine rings is 1. The standard InChI is InChI=1S/C22H30N4O4/c1-28-20-9-8-17(13-23-20)22(27)26-11-4-7-18(14-26)21-24-19(25-30-21)10-12-29-15-16-5-2-3-6-16/h8-9,13,16,18H,2-7,10-12,14-15H2,1H3. The van der Waals surface area contributed by atoms with Gasteiger partial charge in [-0.1, -0.05) is 18.0 Å². The van der Waals surface area contributed by atoms with E-state index in [1.807, 2.05) is 4.90 Å². The van der Waals surface area contributed by atoms with Crippen molar-refractivity contribution >= 4 is 5.91 Å². The molecule has 8 nitrogen and oxygen atoms in total. The molecule has 3 heterocycles. The van der Waals surface area contributed by atoms with Crippen molar-refractivity contribution in [3.05, 3.63) is 35.6 Å². The van der Waals surface area contributed by atoms with E-state index in [1.54, 1.807) is 25.4 Å². The second-order valence-electron chi connectivity index (χ2n) is 8.20. The Balaban J connectivity index is 1.28. The Bertz CT molecular complexity index is 817. The number of pyridine rings is 1. The van der Waals surface area contributed by atoms with Crippen LogP contribution in [0.2, 0.25) is 0 Å². The molecule has 2 aromatic rings. The van der Waals surface area contributed by atoms with E-state index in [1.165, 1.54) is 25.7 Å². The number of nitrogens with zero attached hydrogens (tertiary/aromatic N) is 4. The molecule has 2 aliphatic rings. The molecule has 1 atom stereocenters. The van der Waals surface area contributed by atoms with Gasteiger partial charge in [0, 0.05) is 38.4 Å². The van der Waals surface area contributed by atoms with Crippen LogP contribution in [0.1, 0.15) is 66.5 Å². The van der Waals surface area contributed by atoms with Gasteiger partial charge in [-0.2, -0.15) is 4.98 Å². The molecule has 1 saturated heterocycles. The van der Waals surface area contributed by atoms with E-state index in [0.717, 1.165) is 31.9 Å². The summed E-state index contributed by atoms with van der Waals surface area (Å²) in [5.41, 5.74) is 0.557. The van der Waals surface area contributed by atoms with E-state index in [4.69, 9.17) is 14.0 Å². The van der Waals surface area contributed by atoms with Gasteiger partial charge in [0.1, 0.15) is 0 Å². The van der Waals surface area contributed by atoms with E-state index in [0.29, 0.717) is 42.7 Å². The summed E-state index contributed by atoms with van der Waals surface area (Å²) < 4.78 is 16.4. The van der Waals surface area contributed by atoms with Crippen LogP contribution in [0.4, 0.5) is 0 Å². The highest BCUT2D eigenvalue weighted by Gasteiger charge is 2.29. The lowest BCUT2D eigenvalue weighted by Gasteiger charge is -2.31. The van der Waals surface area contributed by atoms with Gasteiger partial charge in [-0.05, 0) is 37.7 Å². The second kappa shape index (κ2) is 10.0. The summed E-state index contributed by atoms with van der Waals surface area (Å²) in [5, 5.41) is 4.11. The fraction of sp³-hybridized carbons (Fsp3) is 0.636. The van der Waals surface area contributed by atoms with E-state index in [9.17, 15) is 4.79 Å². The third kappa shape index (κ3) is 5.16. The number of hydrogen-bond donors (Lipinski definition) is 0. The second-order valence-corrected chi connectivity index (χ2v) is 8.20. The van der Waals surface area contributed by atoms with Crippen molar-refractivity contribution in [1.29, 1.82) is 0 Å². The first-order valence-corrected chi connectivity index (χ1v) is 10.9. The molecular formula is C22H30N4O4. The monoisotopic (exact) mass is 414 g/mol. The molecule has 30 heavy (non-hydrogen) atoms. The fourth-order valence-electron chi connectivity index (χ4n) is 4.30. The van der Waals surface area contributed by atoms with Crippen LogP contribution in [0.15, 0.2) is 22.9 Å². The highest BCUT2D eigenvalue weighted by Crippen LogP contribution is 2.27. The maximum absolute atomic E-state index is 12.8. The lowest BCUT2D eigenvalue weighted by molar-refractivity contribution is 0.0695. The third-order valence-electron chi connectivity index (χ3n) is 6.03. The molecule has 0 bridgehead atoms. The molecule has 4 rings (SSSR count). The zero-order chi connectivity index (χ0) is 20.8. The lowest BCUT2D eigenvalue weighted by Crippen LogP contribution is -2.39. The van der Waals surface area contributed by atoms with E-state index in [2.05, 4.69) is 15.1 Å². The number of likely N-dealkylation sites (tertiary alicyclic amines) is 1. The molecule has 0 spiro atoms. The summed E-state index contributed by atoms with van der Waals surface area (Å²) >= 11 is 0. The zero-order valence-corrected chi connectivity index (χ0v) is 17.6. The largest absolute Gasteiger partial charge is 0.481 e. The van der Waals surface area contributed by atoms with Gasteiger partial charge in [-0.15, -0.1) is 0 Å². The SMILES string of the molecule is COc1ccc(C(=O)N2CCCC(c3nc(CCOCC4CCCC4)no3)C2)cn1. The number of aromatic nitrogens is 3. The summed E-state index contributed by atoms with van der Waals surface area (Å²) in [6.07, 6.45) is 9.29. The Hall–Kier alpha value is -2.48. The van der Waals surface area contributed by atoms with Gasteiger partial charge in [0.25, 0.3) is 5.91 Å². The number of ether oxygens (including phenoxy) is 2. The molecule has 1 aliphatic heterocycles. The molecule has 162 valence electrons. The lowest BCUT2D eigenvalue weighted by atomic mass is 9.97. The van der Waals surface area contributed by atoms with Crippen molar-refractivity contribution in [2.45, 2.75) is 50.9 Å². The molecule has 0 N–H and O–H groups in total. The first kappa shape index (κ1) is 20.8. The van der Waals surface area contributed by atoms with Crippen molar-refractivity contribution in [3.63, 3.8) is 0 Å². The molecule has 8 heteroatoms. The summed E-state index contributed by atoms with van der Waals surface area (Å²) in [6.45, 7) is 2.75. The first-order valence-electron chi connectivity index (χ1n) is 10.9. The van der Waals surface area contributed by atoms with E-state index < -0.39 is 0 Å². The minimum atomic E-state index is -0.0325. The maximum atomic E-state index is 12.8. The Morgan fingerprint density at radius 2 is 2.10 bits per heavy atom. The van der Waals surface area contributed by atoms with Crippen molar-refractivity contribution < 1.29 is 18.8 Å². The van der Waals surface area contributed by atoms with Crippen LogP contribution in [-0.4, -0.2) is 59.3 Å². The predicted octanol–water partition coefficient (Wildman–Crippen LogP) is 3.24. The van der Waals surface area contributed by atoms with Crippen molar-refractivity contribution in [3.8, 4) is 5.88 Å². The quantitative estimate of drug-likeness (QED) is 0.613. The summed E-state index contributed by atoms with van der Waals surface area (Å²) in [5.74, 6) is 2.54. The Morgan fingerprint density at radius 1 is 1.23 bits per heavy atom. The van der Waals surface area contributed by atoms with Gasteiger partial charge in [-0.25, -0.2) is 4.98 Å². The summed E-state index contributed by atoms with van der Waals surface area (Å²) in [7, 11) is 1.56. The van der Waals surface area contributed by atoms with Gasteiger partial charge >= 0.3 is 0 Å². The Labute approximate surface area is 177 Å². The van der Waals surface area contributed by atoms with Crippen molar-refractivity contribution in [1.82, 2.24) is 20.0 Å². The third-order valence-corrected chi connectivity index (χ3v) is 6.03. The number of carbonyl (C=O) groups excluding carboxylic acids is 1. The smallest absolute Gasteiger partial charge is 0.255 e. The predicted molar refractivity (Wildman–Crippen MR) is 109 cm³/mol. The highest BCUT2D eigenvalue weighted by atomic mass is 16.5. The van der Waals surface area contributed by atoms with Crippen molar-refractivity contribution in [2.75, 3.05) is 33.4 Å². The van der Waals surface area contributed by atoms with Crippen LogP contribution in [0.5, 0.6) is 5.88 Å². The van der Waals surface area contributed by atoms with Crippen LogP contribution in [0.25, 0.3) is 0 Å². The van der Waals surface area contributed by atoms with Gasteiger partial charge in [0.15, 0.2) is 5.82 Å². The summed E-state index contributed by atoms with van der Waals surface area (Å²) in [4.78, 5) is 23.4. The molecule has 1 saturated carbocycles. The minimum absolute atomic E-state index is 0.0325. The first-order chi connectivity index (χ1) is 14.7. The van der Waals surface area contributed by atoms with E-state index in [-0.39, 0.29) is 11.8 Å². The van der Waals surface area contributed by atoms with Crippen LogP contribution >= 0.6 is 0 Å². The summed E-state index contributed by atoms with van der Waals surface area (Å²) in [6, 6.07) is 3.45. The molecule has 1 unspecified atom stereocenters. The average Bonchev–Trinajstić information content (AvgIpc) is 3.49. The Kier molecular flexibility index (Phi) is 6.94. The number of amides is 1. The molecule has 2 aromatic heterocycles. The Morgan fingerprint density at radius 3 is 2.87 bits per heavy atom. The molecule has 0 aromatic carbocycles. The topological polar surface area (TPSA) is 90.6 Å². The van der Waals surface area contributed by atoms with Gasteiger partial charge < -0.3 is 18.9 Å². The number of rotatable bonds is 8. The van der Waals surface area contributed by atoms with Crippen LogP contribution in [-0.2, 0) is 11.2 Å². The minimum Gasteiger partial charge on any atom is -0.481 e.